The van der Waals surface area contributed by atoms with E-state index in [1.807, 2.05) is 13.0 Å². The van der Waals surface area contributed by atoms with Crippen LogP contribution in [0.4, 0.5) is 0 Å². The molecule has 3 rings (SSSR count). The standard InChI is InChI=1S/C16H13BrN2O3/c1-8-5-14-18-13-4-3-10(9(2)16(21)22)6-11(13)15(20)19(14)7-12(8)17/h3-7,9H,1-2H3,(H,21,22). The maximum absolute atomic E-state index is 12.7. The van der Waals surface area contributed by atoms with Crippen LogP contribution in [0.15, 0.2) is 39.7 Å². The van der Waals surface area contributed by atoms with Gasteiger partial charge in [0.05, 0.1) is 16.8 Å². The van der Waals surface area contributed by atoms with Crippen molar-refractivity contribution >= 4 is 38.4 Å². The van der Waals surface area contributed by atoms with Crippen molar-refractivity contribution < 1.29 is 9.90 Å². The molecule has 2 heterocycles. The molecule has 1 N–H and O–H groups in total. The molecule has 1 unspecified atom stereocenters. The van der Waals surface area contributed by atoms with E-state index in [9.17, 15) is 9.59 Å². The van der Waals surface area contributed by atoms with Crippen LogP contribution in [0.25, 0.3) is 16.6 Å². The molecule has 0 amide bonds. The topological polar surface area (TPSA) is 71.7 Å². The molecular formula is C16H13BrN2O3. The first-order valence-electron chi connectivity index (χ1n) is 6.73. The van der Waals surface area contributed by atoms with Crippen molar-refractivity contribution in [3.63, 3.8) is 0 Å². The van der Waals surface area contributed by atoms with Gasteiger partial charge in [-0.1, -0.05) is 6.07 Å². The Labute approximate surface area is 134 Å². The summed E-state index contributed by atoms with van der Waals surface area (Å²) in [5.74, 6) is -1.60. The molecule has 22 heavy (non-hydrogen) atoms. The van der Waals surface area contributed by atoms with Crippen LogP contribution in [0.3, 0.4) is 0 Å². The number of aromatic nitrogens is 2. The fraction of sp³-hybridized carbons (Fsp3) is 0.188. The highest BCUT2D eigenvalue weighted by Crippen LogP contribution is 2.21. The van der Waals surface area contributed by atoms with E-state index < -0.39 is 11.9 Å². The zero-order chi connectivity index (χ0) is 16.0. The quantitative estimate of drug-likeness (QED) is 0.712. The number of carboxylic acid groups (broad SMARTS) is 1. The Balaban J connectivity index is 2.35. The largest absolute Gasteiger partial charge is 0.481 e. The summed E-state index contributed by atoms with van der Waals surface area (Å²) < 4.78 is 2.28. The summed E-state index contributed by atoms with van der Waals surface area (Å²) in [6.45, 7) is 3.52. The van der Waals surface area contributed by atoms with Crippen LogP contribution in [-0.2, 0) is 4.79 Å². The van der Waals surface area contributed by atoms with E-state index in [1.165, 1.54) is 4.40 Å². The number of halogens is 1. The SMILES string of the molecule is Cc1cc2nc3ccc(C(C)C(=O)O)cc3c(=O)n2cc1Br. The molecule has 0 spiro atoms. The van der Waals surface area contributed by atoms with Crippen LogP contribution in [0.5, 0.6) is 0 Å². The Bertz CT molecular complexity index is 978. The highest BCUT2D eigenvalue weighted by Gasteiger charge is 2.15. The molecule has 0 aliphatic carbocycles. The first kappa shape index (κ1) is 14.7. The Morgan fingerprint density at radius 3 is 2.77 bits per heavy atom. The second-order valence-corrected chi connectivity index (χ2v) is 6.14. The third-order valence-corrected chi connectivity index (χ3v) is 4.62. The van der Waals surface area contributed by atoms with Crippen molar-refractivity contribution in [1.82, 2.24) is 9.38 Å². The summed E-state index contributed by atoms with van der Waals surface area (Å²) in [6, 6.07) is 6.85. The number of hydrogen-bond donors (Lipinski definition) is 1. The Morgan fingerprint density at radius 1 is 1.36 bits per heavy atom. The maximum atomic E-state index is 12.7. The van der Waals surface area contributed by atoms with E-state index >= 15 is 0 Å². The molecule has 0 saturated heterocycles. The number of rotatable bonds is 2. The van der Waals surface area contributed by atoms with Crippen molar-refractivity contribution in [1.29, 1.82) is 0 Å². The second-order valence-electron chi connectivity index (χ2n) is 5.29. The summed E-state index contributed by atoms with van der Waals surface area (Å²) in [6.07, 6.45) is 1.69. The predicted octanol–water partition coefficient (Wildman–Crippen LogP) is 3.11. The van der Waals surface area contributed by atoms with E-state index in [0.29, 0.717) is 22.1 Å². The zero-order valence-electron chi connectivity index (χ0n) is 12.0. The van der Waals surface area contributed by atoms with E-state index in [0.717, 1.165) is 10.0 Å². The van der Waals surface area contributed by atoms with E-state index in [2.05, 4.69) is 20.9 Å². The molecule has 1 aromatic carbocycles. The first-order chi connectivity index (χ1) is 10.4. The van der Waals surface area contributed by atoms with Crippen molar-refractivity contribution in [2.75, 3.05) is 0 Å². The highest BCUT2D eigenvalue weighted by molar-refractivity contribution is 9.10. The number of aliphatic carboxylic acids is 1. The fourth-order valence-corrected chi connectivity index (χ4v) is 2.67. The Hall–Kier alpha value is -2.21. The van der Waals surface area contributed by atoms with Gasteiger partial charge >= 0.3 is 5.97 Å². The summed E-state index contributed by atoms with van der Waals surface area (Å²) >= 11 is 3.41. The molecule has 5 nitrogen and oxygen atoms in total. The van der Waals surface area contributed by atoms with Crippen LogP contribution in [0.2, 0.25) is 0 Å². The zero-order valence-corrected chi connectivity index (χ0v) is 13.6. The number of nitrogens with zero attached hydrogens (tertiary/aromatic N) is 2. The van der Waals surface area contributed by atoms with Gasteiger partial charge in [-0.15, -0.1) is 0 Å². The minimum Gasteiger partial charge on any atom is -0.481 e. The fourth-order valence-electron chi connectivity index (χ4n) is 2.35. The lowest BCUT2D eigenvalue weighted by atomic mass is 10.00. The molecule has 0 saturated carbocycles. The Morgan fingerprint density at radius 2 is 2.09 bits per heavy atom. The molecule has 0 fully saturated rings. The Kier molecular flexibility index (Phi) is 3.48. The molecular weight excluding hydrogens is 348 g/mol. The van der Waals surface area contributed by atoms with Crippen molar-refractivity contribution in [2.24, 2.45) is 0 Å². The smallest absolute Gasteiger partial charge is 0.310 e. The second kappa shape index (κ2) is 5.21. The van der Waals surface area contributed by atoms with Crippen molar-refractivity contribution in [3.8, 4) is 0 Å². The van der Waals surface area contributed by atoms with Crippen LogP contribution < -0.4 is 5.56 Å². The van der Waals surface area contributed by atoms with Crippen LogP contribution in [0.1, 0.15) is 24.0 Å². The average molecular weight is 361 g/mol. The van der Waals surface area contributed by atoms with E-state index in [1.54, 1.807) is 31.3 Å². The van der Waals surface area contributed by atoms with Gasteiger partial charge < -0.3 is 5.11 Å². The van der Waals surface area contributed by atoms with Crippen molar-refractivity contribution in [3.05, 3.63) is 56.4 Å². The molecule has 6 heteroatoms. The normalized spacial score (nSPS) is 12.7. The molecule has 112 valence electrons. The van der Waals surface area contributed by atoms with Crippen molar-refractivity contribution in [2.45, 2.75) is 19.8 Å². The first-order valence-corrected chi connectivity index (χ1v) is 7.53. The van der Waals surface area contributed by atoms with Gasteiger partial charge in [-0.2, -0.15) is 0 Å². The van der Waals surface area contributed by atoms with Gasteiger partial charge in [0, 0.05) is 10.7 Å². The predicted molar refractivity (Wildman–Crippen MR) is 87.5 cm³/mol. The summed E-state index contributed by atoms with van der Waals surface area (Å²) in [5, 5.41) is 9.53. The van der Waals surface area contributed by atoms with Crippen LogP contribution in [-0.4, -0.2) is 20.5 Å². The molecule has 0 aliphatic rings. The number of hydrogen-bond acceptors (Lipinski definition) is 3. The van der Waals surface area contributed by atoms with E-state index in [-0.39, 0.29) is 5.56 Å². The number of carboxylic acids is 1. The summed E-state index contributed by atoms with van der Waals surface area (Å²) in [7, 11) is 0. The third-order valence-electron chi connectivity index (χ3n) is 3.79. The monoisotopic (exact) mass is 360 g/mol. The lowest BCUT2D eigenvalue weighted by Gasteiger charge is -2.09. The highest BCUT2D eigenvalue weighted by atomic mass is 79.9. The maximum Gasteiger partial charge on any atom is 0.310 e. The molecule has 3 aromatic rings. The number of aryl methyl sites for hydroxylation is 1. The van der Waals surface area contributed by atoms with Gasteiger partial charge in [-0.05, 0) is 59.1 Å². The number of fused-ring (bicyclic) bond motifs is 2. The van der Waals surface area contributed by atoms with Crippen LogP contribution in [0, 0.1) is 6.92 Å². The van der Waals surface area contributed by atoms with Gasteiger partial charge in [-0.25, -0.2) is 4.98 Å². The van der Waals surface area contributed by atoms with Gasteiger partial charge in [0.1, 0.15) is 5.65 Å². The molecule has 0 aliphatic heterocycles. The van der Waals surface area contributed by atoms with Gasteiger partial charge in [0.2, 0.25) is 0 Å². The molecule has 2 aromatic heterocycles. The van der Waals surface area contributed by atoms with Gasteiger partial charge in [0.25, 0.3) is 5.56 Å². The molecule has 0 bridgehead atoms. The number of benzene rings is 1. The third kappa shape index (κ3) is 2.29. The molecule has 1 atom stereocenters. The van der Waals surface area contributed by atoms with Gasteiger partial charge in [0.15, 0.2) is 0 Å². The number of carbonyl (C=O) groups is 1. The van der Waals surface area contributed by atoms with E-state index in [4.69, 9.17) is 5.11 Å². The minimum atomic E-state index is -0.924. The number of pyridine rings is 1. The lowest BCUT2D eigenvalue weighted by molar-refractivity contribution is -0.138. The minimum absolute atomic E-state index is 0.208. The molecule has 0 radical (unpaired) electrons. The average Bonchev–Trinajstić information content (AvgIpc) is 2.48. The summed E-state index contributed by atoms with van der Waals surface area (Å²) in [5.41, 5.74) is 2.50. The lowest BCUT2D eigenvalue weighted by Crippen LogP contribution is -2.16. The van der Waals surface area contributed by atoms with Gasteiger partial charge in [-0.3, -0.25) is 14.0 Å². The van der Waals surface area contributed by atoms with Crippen LogP contribution >= 0.6 is 15.9 Å². The summed E-state index contributed by atoms with van der Waals surface area (Å²) in [4.78, 5) is 28.2.